The van der Waals surface area contributed by atoms with E-state index < -0.39 is 0 Å². The molecule has 4 heteroatoms. The summed E-state index contributed by atoms with van der Waals surface area (Å²) in [7, 11) is 1.66. The Morgan fingerprint density at radius 2 is 2.00 bits per heavy atom. The van der Waals surface area contributed by atoms with Gasteiger partial charge in [-0.05, 0) is 42.0 Å². The molecule has 3 rings (SSSR count). The second kappa shape index (κ2) is 8.08. The fourth-order valence-corrected chi connectivity index (χ4v) is 3.27. The summed E-state index contributed by atoms with van der Waals surface area (Å²) in [6.07, 6.45) is 5.64. The number of quaternary nitrogens is 1. The van der Waals surface area contributed by atoms with Crippen molar-refractivity contribution in [2.24, 2.45) is 0 Å². The molecule has 3 nitrogen and oxygen atoms in total. The average Bonchev–Trinajstić information content (AvgIpc) is 3.13. The lowest BCUT2D eigenvalue weighted by Crippen LogP contribution is -3.08. The molecule has 25 heavy (non-hydrogen) atoms. The molecule has 1 fully saturated rings. The van der Waals surface area contributed by atoms with Crippen LogP contribution in [0.1, 0.15) is 34.3 Å². The van der Waals surface area contributed by atoms with E-state index in [1.165, 1.54) is 49.0 Å². The van der Waals surface area contributed by atoms with Gasteiger partial charge in [0.1, 0.15) is 18.1 Å². The Balaban J connectivity index is 1.77. The average molecular weight is 340 g/mol. The number of carbonyl (C=O) groups excluding carboxylic acids is 1. The summed E-state index contributed by atoms with van der Waals surface area (Å²) in [5, 5.41) is 0. The Kier molecular flexibility index (Phi) is 5.61. The van der Waals surface area contributed by atoms with Crippen LogP contribution in [0.3, 0.4) is 0 Å². The molecule has 0 bridgehead atoms. The lowest BCUT2D eigenvalue weighted by atomic mass is 10.0. The number of benzene rings is 2. The minimum absolute atomic E-state index is 0.0930. The van der Waals surface area contributed by atoms with E-state index in [2.05, 4.69) is 0 Å². The molecule has 130 valence electrons. The molecule has 0 aromatic heterocycles. The summed E-state index contributed by atoms with van der Waals surface area (Å²) in [6.45, 7) is 3.21. The lowest BCUT2D eigenvalue weighted by molar-refractivity contribution is -0.901. The fourth-order valence-electron chi connectivity index (χ4n) is 3.27. The fraction of sp³-hybridized carbons (Fsp3) is 0.286. The second-order valence-electron chi connectivity index (χ2n) is 6.41. The monoisotopic (exact) mass is 340 g/mol. The summed E-state index contributed by atoms with van der Waals surface area (Å²) in [5.74, 6) is 0.421. The zero-order valence-corrected chi connectivity index (χ0v) is 14.4. The van der Waals surface area contributed by atoms with Crippen LogP contribution in [0, 0.1) is 5.82 Å². The van der Waals surface area contributed by atoms with Gasteiger partial charge in [0.05, 0.1) is 20.2 Å². The predicted molar refractivity (Wildman–Crippen MR) is 96.4 cm³/mol. The maximum atomic E-state index is 13.2. The van der Waals surface area contributed by atoms with E-state index >= 15 is 0 Å². The van der Waals surface area contributed by atoms with Crippen LogP contribution in [0.5, 0.6) is 5.75 Å². The van der Waals surface area contributed by atoms with Gasteiger partial charge in [-0.25, -0.2) is 4.39 Å². The third kappa shape index (κ3) is 4.54. The van der Waals surface area contributed by atoms with Crippen molar-refractivity contribution in [2.75, 3.05) is 20.2 Å². The minimum atomic E-state index is -0.310. The molecule has 0 unspecified atom stereocenters. The van der Waals surface area contributed by atoms with E-state index in [9.17, 15) is 9.18 Å². The van der Waals surface area contributed by atoms with Crippen LogP contribution in [-0.4, -0.2) is 26.0 Å². The topological polar surface area (TPSA) is 30.7 Å². The summed E-state index contributed by atoms with van der Waals surface area (Å²) in [6, 6.07) is 11.7. The van der Waals surface area contributed by atoms with E-state index in [0.29, 0.717) is 11.1 Å². The highest BCUT2D eigenvalue weighted by Gasteiger charge is 2.18. The number of hydrogen-bond acceptors (Lipinski definition) is 2. The summed E-state index contributed by atoms with van der Waals surface area (Å²) in [4.78, 5) is 14.0. The number of halogens is 1. The first-order valence-corrected chi connectivity index (χ1v) is 8.64. The number of rotatable bonds is 6. The van der Waals surface area contributed by atoms with Crippen molar-refractivity contribution >= 4 is 11.9 Å². The molecule has 0 saturated carbocycles. The van der Waals surface area contributed by atoms with Crippen molar-refractivity contribution in [3.63, 3.8) is 0 Å². The molecular weight excluding hydrogens is 317 g/mol. The van der Waals surface area contributed by atoms with Crippen molar-refractivity contribution in [3.05, 3.63) is 71.0 Å². The molecular formula is C21H23FNO2+. The normalized spacial score (nSPS) is 15.0. The molecule has 0 amide bonds. The number of nitrogens with one attached hydrogen (secondary N) is 1. The Morgan fingerprint density at radius 1 is 1.20 bits per heavy atom. The molecule has 1 heterocycles. The maximum Gasteiger partial charge on any atom is 0.185 e. The quantitative estimate of drug-likeness (QED) is 0.647. The van der Waals surface area contributed by atoms with Gasteiger partial charge in [-0.2, -0.15) is 0 Å². The van der Waals surface area contributed by atoms with Gasteiger partial charge in [0.15, 0.2) is 5.78 Å². The number of ether oxygens (including phenoxy) is 1. The minimum Gasteiger partial charge on any atom is -0.496 e. The third-order valence-electron chi connectivity index (χ3n) is 4.59. The van der Waals surface area contributed by atoms with Gasteiger partial charge in [-0.15, -0.1) is 0 Å². The first-order chi connectivity index (χ1) is 12.2. The number of methoxy groups -OCH3 is 1. The SMILES string of the molecule is COc1ccc(C(=O)/C=C/c2cccc(F)c2)cc1C[NH+]1CCCC1. The van der Waals surface area contributed by atoms with Crippen LogP contribution in [0.4, 0.5) is 4.39 Å². The predicted octanol–water partition coefficient (Wildman–Crippen LogP) is 2.91. The highest BCUT2D eigenvalue weighted by atomic mass is 19.1. The van der Waals surface area contributed by atoms with E-state index in [-0.39, 0.29) is 11.6 Å². The Hall–Kier alpha value is -2.46. The highest BCUT2D eigenvalue weighted by Crippen LogP contribution is 2.20. The second-order valence-corrected chi connectivity index (χ2v) is 6.41. The van der Waals surface area contributed by atoms with E-state index in [4.69, 9.17) is 4.74 Å². The van der Waals surface area contributed by atoms with Crippen molar-refractivity contribution < 1.29 is 18.8 Å². The number of hydrogen-bond donors (Lipinski definition) is 1. The van der Waals surface area contributed by atoms with Gasteiger partial charge in [0.25, 0.3) is 0 Å². The number of ketones is 1. The highest BCUT2D eigenvalue weighted by molar-refractivity contribution is 6.07. The molecule has 2 aromatic carbocycles. The molecule has 1 saturated heterocycles. The van der Waals surface area contributed by atoms with Crippen LogP contribution in [0.2, 0.25) is 0 Å². The van der Waals surface area contributed by atoms with E-state index in [1.807, 2.05) is 12.1 Å². The Morgan fingerprint density at radius 3 is 2.72 bits per heavy atom. The van der Waals surface area contributed by atoms with Gasteiger partial charge in [0.2, 0.25) is 0 Å². The van der Waals surface area contributed by atoms with Gasteiger partial charge < -0.3 is 9.64 Å². The van der Waals surface area contributed by atoms with Gasteiger partial charge in [-0.3, -0.25) is 4.79 Å². The molecule has 0 spiro atoms. The van der Waals surface area contributed by atoms with Gasteiger partial charge in [0, 0.05) is 24.0 Å². The van der Waals surface area contributed by atoms with Crippen molar-refractivity contribution in [1.29, 1.82) is 0 Å². The smallest absolute Gasteiger partial charge is 0.185 e. The number of carbonyl (C=O) groups is 1. The first-order valence-electron chi connectivity index (χ1n) is 8.64. The van der Waals surface area contributed by atoms with Crippen molar-refractivity contribution in [1.82, 2.24) is 0 Å². The van der Waals surface area contributed by atoms with E-state index in [0.717, 1.165) is 17.9 Å². The van der Waals surface area contributed by atoms with Gasteiger partial charge >= 0.3 is 0 Å². The lowest BCUT2D eigenvalue weighted by Gasteiger charge is -2.15. The third-order valence-corrected chi connectivity index (χ3v) is 4.59. The maximum absolute atomic E-state index is 13.2. The van der Waals surface area contributed by atoms with Crippen molar-refractivity contribution in [2.45, 2.75) is 19.4 Å². The first kappa shape index (κ1) is 17.4. The largest absolute Gasteiger partial charge is 0.496 e. The van der Waals surface area contributed by atoms with Gasteiger partial charge in [-0.1, -0.05) is 18.2 Å². The summed E-state index contributed by atoms with van der Waals surface area (Å²) >= 11 is 0. The van der Waals surface area contributed by atoms with Crippen molar-refractivity contribution in [3.8, 4) is 5.75 Å². The van der Waals surface area contributed by atoms with Crippen LogP contribution in [0.25, 0.3) is 6.08 Å². The summed E-state index contributed by atoms with van der Waals surface area (Å²) < 4.78 is 18.7. The zero-order chi connectivity index (χ0) is 17.6. The molecule has 1 N–H and O–H groups in total. The summed E-state index contributed by atoms with van der Waals surface area (Å²) in [5.41, 5.74) is 2.36. The van der Waals surface area contributed by atoms with Crippen LogP contribution < -0.4 is 9.64 Å². The van der Waals surface area contributed by atoms with E-state index in [1.54, 1.807) is 31.4 Å². The molecule has 1 aliphatic heterocycles. The molecule has 0 aliphatic carbocycles. The molecule has 1 aliphatic rings. The Labute approximate surface area is 147 Å². The number of allylic oxidation sites excluding steroid dienone is 1. The van der Waals surface area contributed by atoms with Crippen LogP contribution in [-0.2, 0) is 6.54 Å². The number of likely N-dealkylation sites (tertiary alicyclic amines) is 1. The molecule has 0 atom stereocenters. The zero-order valence-electron chi connectivity index (χ0n) is 14.4. The van der Waals surface area contributed by atoms with Crippen LogP contribution >= 0.6 is 0 Å². The standard InChI is InChI=1S/C21H22FNO2/c1-25-21-10-8-17(14-18(21)15-23-11-2-3-12-23)20(24)9-7-16-5-4-6-19(22)13-16/h4-10,13-14H,2-3,11-12,15H2,1H3/p+1/b9-7+. The Bertz CT molecular complexity index is 779. The molecule has 2 aromatic rings. The van der Waals surface area contributed by atoms with Crippen LogP contribution in [0.15, 0.2) is 48.5 Å². The molecule has 0 radical (unpaired) electrons.